The van der Waals surface area contributed by atoms with Crippen LogP contribution in [0.25, 0.3) is 10.8 Å². The average Bonchev–Trinajstić information content (AvgIpc) is 3.47. The van der Waals surface area contributed by atoms with Gasteiger partial charge in [-0.15, -0.1) is 0 Å². The van der Waals surface area contributed by atoms with Crippen LogP contribution in [0.1, 0.15) is 19.3 Å². The second-order valence-corrected chi connectivity index (χ2v) is 7.26. The lowest BCUT2D eigenvalue weighted by atomic mass is 10.1. The largest absolute Gasteiger partial charge is 0.354 e. The Bertz CT molecular complexity index is 886. The van der Waals surface area contributed by atoms with Gasteiger partial charge in [0.1, 0.15) is 0 Å². The van der Waals surface area contributed by atoms with Crippen molar-refractivity contribution in [1.29, 1.82) is 0 Å². The Kier molecular flexibility index (Phi) is 4.79. The summed E-state index contributed by atoms with van der Waals surface area (Å²) in [6, 6.07) is 13.8. The molecule has 1 saturated heterocycles. The van der Waals surface area contributed by atoms with E-state index in [9.17, 15) is 14.4 Å². The monoisotopic (exact) mass is 365 g/mol. The van der Waals surface area contributed by atoms with Crippen LogP contribution in [0.3, 0.4) is 0 Å². The number of benzene rings is 2. The van der Waals surface area contributed by atoms with E-state index in [0.717, 1.165) is 29.3 Å². The summed E-state index contributed by atoms with van der Waals surface area (Å²) in [5.41, 5.74) is 0.852. The van der Waals surface area contributed by atoms with Crippen LogP contribution < -0.4 is 15.5 Å². The fourth-order valence-electron chi connectivity index (χ4n) is 3.57. The van der Waals surface area contributed by atoms with E-state index in [1.54, 1.807) is 4.90 Å². The van der Waals surface area contributed by atoms with Crippen LogP contribution in [0.4, 0.5) is 5.69 Å². The van der Waals surface area contributed by atoms with E-state index >= 15 is 0 Å². The highest BCUT2D eigenvalue weighted by Gasteiger charge is 2.35. The van der Waals surface area contributed by atoms with E-state index in [0.29, 0.717) is 19.6 Å². The first kappa shape index (κ1) is 17.5. The van der Waals surface area contributed by atoms with Crippen molar-refractivity contribution in [1.82, 2.24) is 10.6 Å². The number of nitrogens with zero attached hydrogens (tertiary/aromatic N) is 1. The highest BCUT2D eigenvalue weighted by Crippen LogP contribution is 2.31. The molecule has 1 unspecified atom stereocenters. The molecular formula is C21H23N3O3. The molecule has 4 rings (SSSR count). The van der Waals surface area contributed by atoms with Crippen molar-refractivity contribution < 1.29 is 14.4 Å². The maximum absolute atomic E-state index is 12.5. The molecule has 2 aliphatic rings. The van der Waals surface area contributed by atoms with Gasteiger partial charge in [-0.3, -0.25) is 14.4 Å². The van der Waals surface area contributed by atoms with Crippen molar-refractivity contribution in [3.05, 3.63) is 42.5 Å². The number of hydrogen-bond acceptors (Lipinski definition) is 3. The standard InChI is InChI=1S/C21H23N3O3/c25-19-12-16(21(27)23-11-10-22-20(26)15-8-9-15)13-24(19)18-7-3-5-14-4-1-2-6-17(14)18/h1-7,15-16H,8-13H2,(H,22,26)(H,23,27). The highest BCUT2D eigenvalue weighted by molar-refractivity contribution is 6.06. The summed E-state index contributed by atoms with van der Waals surface area (Å²) in [5.74, 6) is -0.291. The third-order valence-corrected chi connectivity index (χ3v) is 5.22. The Labute approximate surface area is 157 Å². The zero-order valence-corrected chi connectivity index (χ0v) is 15.1. The first-order chi connectivity index (χ1) is 13.1. The van der Waals surface area contributed by atoms with Crippen molar-refractivity contribution in [2.45, 2.75) is 19.3 Å². The number of carbonyl (C=O) groups is 3. The summed E-state index contributed by atoms with van der Waals surface area (Å²) in [6.45, 7) is 1.19. The maximum atomic E-state index is 12.5. The molecule has 2 N–H and O–H groups in total. The number of nitrogens with one attached hydrogen (secondary N) is 2. The van der Waals surface area contributed by atoms with Gasteiger partial charge in [0.2, 0.25) is 17.7 Å². The van der Waals surface area contributed by atoms with Gasteiger partial charge < -0.3 is 15.5 Å². The van der Waals surface area contributed by atoms with Crippen LogP contribution >= 0.6 is 0 Å². The molecule has 0 radical (unpaired) electrons. The zero-order valence-electron chi connectivity index (χ0n) is 15.1. The van der Waals surface area contributed by atoms with Crippen LogP contribution in [-0.2, 0) is 14.4 Å². The number of rotatable bonds is 6. The summed E-state index contributed by atoms with van der Waals surface area (Å²) >= 11 is 0. The molecule has 1 aliphatic heterocycles. The Balaban J connectivity index is 1.35. The minimum absolute atomic E-state index is 0.0338. The number of hydrogen-bond donors (Lipinski definition) is 2. The molecule has 6 nitrogen and oxygen atoms in total. The second-order valence-electron chi connectivity index (χ2n) is 7.26. The topological polar surface area (TPSA) is 78.5 Å². The van der Waals surface area contributed by atoms with Crippen molar-refractivity contribution >= 4 is 34.2 Å². The van der Waals surface area contributed by atoms with Gasteiger partial charge in [-0.25, -0.2) is 0 Å². The summed E-state index contributed by atoms with van der Waals surface area (Å²) in [6.07, 6.45) is 2.14. The van der Waals surface area contributed by atoms with E-state index < -0.39 is 0 Å². The second kappa shape index (κ2) is 7.39. The quantitative estimate of drug-likeness (QED) is 0.767. The maximum Gasteiger partial charge on any atom is 0.227 e. The SMILES string of the molecule is O=C(NCCNC(=O)C1CC(=O)N(c2cccc3ccccc23)C1)C1CC1. The zero-order chi connectivity index (χ0) is 18.8. The average molecular weight is 365 g/mol. The van der Waals surface area contributed by atoms with E-state index in [1.165, 1.54) is 0 Å². The van der Waals surface area contributed by atoms with Crippen molar-refractivity contribution in [2.24, 2.45) is 11.8 Å². The predicted molar refractivity (Wildman–Crippen MR) is 103 cm³/mol. The third-order valence-electron chi connectivity index (χ3n) is 5.22. The molecule has 3 amide bonds. The molecule has 1 saturated carbocycles. The molecule has 2 aromatic carbocycles. The molecule has 2 fully saturated rings. The Hall–Kier alpha value is -2.89. The Morgan fingerprint density at radius 2 is 1.59 bits per heavy atom. The summed E-state index contributed by atoms with van der Waals surface area (Å²) in [5, 5.41) is 7.74. The van der Waals surface area contributed by atoms with Crippen LogP contribution in [0.15, 0.2) is 42.5 Å². The normalized spacial score (nSPS) is 19.3. The Morgan fingerprint density at radius 1 is 0.926 bits per heavy atom. The van der Waals surface area contributed by atoms with Crippen molar-refractivity contribution in [3.8, 4) is 0 Å². The van der Waals surface area contributed by atoms with Gasteiger partial charge in [0.25, 0.3) is 0 Å². The first-order valence-electron chi connectivity index (χ1n) is 9.47. The summed E-state index contributed by atoms with van der Waals surface area (Å²) in [7, 11) is 0. The lowest BCUT2D eigenvalue weighted by Gasteiger charge is -2.19. The molecular weight excluding hydrogens is 342 g/mol. The summed E-state index contributed by atoms with van der Waals surface area (Å²) < 4.78 is 0. The van der Waals surface area contributed by atoms with Crippen LogP contribution in [-0.4, -0.2) is 37.4 Å². The molecule has 140 valence electrons. The van der Waals surface area contributed by atoms with Crippen LogP contribution in [0.5, 0.6) is 0 Å². The molecule has 6 heteroatoms. The predicted octanol–water partition coefficient (Wildman–Crippen LogP) is 1.84. The lowest BCUT2D eigenvalue weighted by Crippen LogP contribution is -2.38. The van der Waals surface area contributed by atoms with Crippen LogP contribution in [0, 0.1) is 11.8 Å². The van der Waals surface area contributed by atoms with Gasteiger partial charge in [0.15, 0.2) is 0 Å². The molecule has 0 spiro atoms. The van der Waals surface area contributed by atoms with Gasteiger partial charge >= 0.3 is 0 Å². The van der Waals surface area contributed by atoms with E-state index in [2.05, 4.69) is 10.6 Å². The Morgan fingerprint density at radius 3 is 2.33 bits per heavy atom. The molecule has 1 aliphatic carbocycles. The van der Waals surface area contributed by atoms with Gasteiger partial charge in [-0.1, -0.05) is 36.4 Å². The van der Waals surface area contributed by atoms with Gasteiger partial charge in [-0.2, -0.15) is 0 Å². The van der Waals surface area contributed by atoms with Crippen molar-refractivity contribution in [3.63, 3.8) is 0 Å². The number of anilines is 1. The molecule has 1 heterocycles. The molecule has 1 atom stereocenters. The van der Waals surface area contributed by atoms with E-state index in [4.69, 9.17) is 0 Å². The lowest BCUT2D eigenvalue weighted by molar-refractivity contribution is -0.126. The van der Waals surface area contributed by atoms with Gasteiger partial charge in [0, 0.05) is 37.4 Å². The molecule has 2 aromatic rings. The fourth-order valence-corrected chi connectivity index (χ4v) is 3.57. The molecule has 0 aromatic heterocycles. The number of carbonyl (C=O) groups excluding carboxylic acids is 3. The van der Waals surface area contributed by atoms with E-state index in [-0.39, 0.29) is 36.0 Å². The van der Waals surface area contributed by atoms with Crippen LogP contribution in [0.2, 0.25) is 0 Å². The van der Waals surface area contributed by atoms with Crippen molar-refractivity contribution in [2.75, 3.05) is 24.5 Å². The van der Waals surface area contributed by atoms with Gasteiger partial charge in [-0.05, 0) is 24.3 Å². The summed E-state index contributed by atoms with van der Waals surface area (Å²) in [4.78, 5) is 38.2. The first-order valence-corrected chi connectivity index (χ1v) is 9.47. The number of amides is 3. The minimum atomic E-state index is -0.365. The third kappa shape index (κ3) is 3.79. The molecule has 0 bridgehead atoms. The van der Waals surface area contributed by atoms with Gasteiger partial charge in [0.05, 0.1) is 11.6 Å². The highest BCUT2D eigenvalue weighted by atomic mass is 16.2. The fraction of sp³-hybridized carbons (Fsp3) is 0.381. The smallest absolute Gasteiger partial charge is 0.227 e. The minimum Gasteiger partial charge on any atom is -0.354 e. The number of fused-ring (bicyclic) bond motifs is 1. The van der Waals surface area contributed by atoms with E-state index in [1.807, 2.05) is 42.5 Å². The molecule has 27 heavy (non-hydrogen) atoms.